The van der Waals surface area contributed by atoms with Gasteiger partial charge in [0.1, 0.15) is 0 Å². The predicted molar refractivity (Wildman–Crippen MR) is 49.6 cm³/mol. The Morgan fingerprint density at radius 3 is 3.00 bits per heavy atom. The summed E-state index contributed by atoms with van der Waals surface area (Å²) < 4.78 is 0. The maximum absolute atomic E-state index is 10.4. The summed E-state index contributed by atoms with van der Waals surface area (Å²) in [6.45, 7) is 0. The first-order valence-electron chi connectivity index (χ1n) is 4.03. The second-order valence-corrected chi connectivity index (χ2v) is 2.97. The number of hydrogen-bond acceptors (Lipinski definition) is 1. The van der Waals surface area contributed by atoms with Gasteiger partial charge in [0.2, 0.25) is 0 Å². The van der Waals surface area contributed by atoms with Crippen molar-refractivity contribution in [1.82, 2.24) is 4.98 Å². The van der Waals surface area contributed by atoms with E-state index in [4.69, 9.17) is 5.11 Å². The van der Waals surface area contributed by atoms with Crippen molar-refractivity contribution < 1.29 is 9.90 Å². The summed E-state index contributed by atoms with van der Waals surface area (Å²) in [6.07, 6.45) is 1.92. The second kappa shape index (κ2) is 2.94. The van der Waals surface area contributed by atoms with E-state index in [1.165, 1.54) is 0 Å². The molecule has 0 atom stereocenters. The number of aromatic amines is 1. The van der Waals surface area contributed by atoms with Crippen molar-refractivity contribution in [3.8, 4) is 0 Å². The van der Waals surface area contributed by atoms with E-state index in [0.717, 1.165) is 16.5 Å². The summed E-state index contributed by atoms with van der Waals surface area (Å²) in [4.78, 5) is 13.5. The van der Waals surface area contributed by atoms with E-state index in [-0.39, 0.29) is 6.42 Å². The highest BCUT2D eigenvalue weighted by atomic mass is 16.4. The molecule has 1 aromatic carbocycles. The second-order valence-electron chi connectivity index (χ2n) is 2.97. The first-order chi connectivity index (χ1) is 6.25. The first kappa shape index (κ1) is 7.86. The summed E-state index contributed by atoms with van der Waals surface area (Å²) in [5.41, 5.74) is 1.81. The Labute approximate surface area is 75.0 Å². The Hall–Kier alpha value is -1.77. The maximum Gasteiger partial charge on any atom is 0.307 e. The van der Waals surface area contributed by atoms with Gasteiger partial charge in [-0.2, -0.15) is 0 Å². The summed E-state index contributed by atoms with van der Waals surface area (Å²) in [5, 5.41) is 9.69. The molecule has 2 aromatic rings. The zero-order valence-electron chi connectivity index (χ0n) is 6.95. The molecule has 0 radical (unpaired) electrons. The largest absolute Gasteiger partial charge is 0.481 e. The minimum atomic E-state index is -0.800. The van der Waals surface area contributed by atoms with Crippen molar-refractivity contribution in [1.29, 1.82) is 0 Å². The van der Waals surface area contributed by atoms with Crippen molar-refractivity contribution in [2.45, 2.75) is 6.42 Å². The first-order valence-corrected chi connectivity index (χ1v) is 4.03. The quantitative estimate of drug-likeness (QED) is 0.731. The zero-order valence-corrected chi connectivity index (χ0v) is 6.95. The minimum Gasteiger partial charge on any atom is -0.481 e. The molecule has 2 N–H and O–H groups in total. The number of benzene rings is 1. The molecule has 66 valence electrons. The van der Waals surface area contributed by atoms with Crippen LogP contribution in [-0.4, -0.2) is 16.1 Å². The number of H-pyrrole nitrogens is 1. The molecule has 0 saturated carbocycles. The molecule has 0 unspecified atom stereocenters. The van der Waals surface area contributed by atoms with Crippen LogP contribution in [-0.2, 0) is 11.2 Å². The van der Waals surface area contributed by atoms with Gasteiger partial charge in [0.05, 0.1) is 6.42 Å². The highest BCUT2D eigenvalue weighted by Gasteiger charge is 2.01. The van der Waals surface area contributed by atoms with Crippen LogP contribution in [0.15, 0.2) is 30.5 Å². The Bertz CT molecular complexity index is 445. The lowest BCUT2D eigenvalue weighted by Gasteiger charge is -1.96. The molecule has 3 nitrogen and oxygen atoms in total. The van der Waals surface area contributed by atoms with Crippen LogP contribution in [0.25, 0.3) is 10.9 Å². The molecule has 1 aromatic heterocycles. The van der Waals surface area contributed by atoms with E-state index in [1.54, 1.807) is 0 Å². The number of rotatable bonds is 2. The minimum absolute atomic E-state index is 0.0783. The molecule has 13 heavy (non-hydrogen) atoms. The monoisotopic (exact) mass is 175 g/mol. The van der Waals surface area contributed by atoms with Gasteiger partial charge >= 0.3 is 5.97 Å². The molecule has 0 aliphatic heterocycles. The molecule has 2 rings (SSSR count). The molecule has 3 heteroatoms. The number of fused-ring (bicyclic) bond motifs is 1. The van der Waals surface area contributed by atoms with E-state index >= 15 is 0 Å². The van der Waals surface area contributed by atoms with E-state index < -0.39 is 5.97 Å². The highest BCUT2D eigenvalue weighted by molar-refractivity contribution is 5.81. The van der Waals surface area contributed by atoms with Crippen LogP contribution < -0.4 is 0 Å². The van der Waals surface area contributed by atoms with Gasteiger partial charge in [-0.25, -0.2) is 0 Å². The fourth-order valence-corrected chi connectivity index (χ4v) is 1.38. The van der Waals surface area contributed by atoms with Crippen LogP contribution in [0, 0.1) is 0 Å². The molecule has 0 spiro atoms. The molecular weight excluding hydrogens is 166 g/mol. The lowest BCUT2D eigenvalue weighted by atomic mass is 10.1. The van der Waals surface area contributed by atoms with Gasteiger partial charge in [-0.1, -0.05) is 12.1 Å². The molecule has 0 amide bonds. The molecule has 0 bridgehead atoms. The average Bonchev–Trinajstić information content (AvgIpc) is 2.49. The lowest BCUT2D eigenvalue weighted by Crippen LogP contribution is -1.99. The number of nitrogens with one attached hydrogen (secondary N) is 1. The molecule has 0 fully saturated rings. The number of carbonyl (C=O) groups is 1. The normalized spacial score (nSPS) is 10.5. The van der Waals surface area contributed by atoms with Crippen LogP contribution in [0.4, 0.5) is 0 Å². The van der Waals surface area contributed by atoms with E-state index in [1.807, 2.05) is 30.5 Å². The van der Waals surface area contributed by atoms with Crippen molar-refractivity contribution in [2.75, 3.05) is 0 Å². The summed E-state index contributed by atoms with van der Waals surface area (Å²) in [7, 11) is 0. The Morgan fingerprint density at radius 1 is 1.38 bits per heavy atom. The number of carboxylic acid groups (broad SMARTS) is 1. The molecule has 0 aliphatic rings. The van der Waals surface area contributed by atoms with E-state index in [2.05, 4.69) is 4.98 Å². The Kier molecular flexibility index (Phi) is 1.77. The zero-order chi connectivity index (χ0) is 9.26. The fourth-order valence-electron chi connectivity index (χ4n) is 1.38. The van der Waals surface area contributed by atoms with Crippen LogP contribution in [0.1, 0.15) is 5.56 Å². The van der Waals surface area contributed by atoms with Crippen LogP contribution in [0.5, 0.6) is 0 Å². The number of hydrogen-bond donors (Lipinski definition) is 2. The van der Waals surface area contributed by atoms with Gasteiger partial charge in [0.15, 0.2) is 0 Å². The average molecular weight is 175 g/mol. The van der Waals surface area contributed by atoms with Crippen molar-refractivity contribution in [3.05, 3.63) is 36.0 Å². The van der Waals surface area contributed by atoms with Crippen molar-refractivity contribution >= 4 is 16.9 Å². The summed E-state index contributed by atoms with van der Waals surface area (Å²) in [6, 6.07) is 7.58. The highest BCUT2D eigenvalue weighted by Crippen LogP contribution is 2.14. The standard InChI is InChI=1S/C10H9NO2/c12-10(13)6-7-1-2-8-3-4-11-9(8)5-7/h1-5,11H,6H2,(H,12,13). The third kappa shape index (κ3) is 1.54. The van der Waals surface area contributed by atoms with Gasteiger partial charge in [-0.3, -0.25) is 4.79 Å². The van der Waals surface area contributed by atoms with Gasteiger partial charge in [0, 0.05) is 11.7 Å². The fraction of sp³-hybridized carbons (Fsp3) is 0.100. The number of aromatic nitrogens is 1. The molecular formula is C10H9NO2. The van der Waals surface area contributed by atoms with Crippen molar-refractivity contribution in [2.24, 2.45) is 0 Å². The third-order valence-corrected chi connectivity index (χ3v) is 1.97. The number of aliphatic carboxylic acids is 1. The third-order valence-electron chi connectivity index (χ3n) is 1.97. The predicted octanol–water partition coefficient (Wildman–Crippen LogP) is 1.79. The Morgan fingerprint density at radius 2 is 2.23 bits per heavy atom. The van der Waals surface area contributed by atoms with Gasteiger partial charge in [-0.05, 0) is 23.1 Å². The van der Waals surface area contributed by atoms with Gasteiger partial charge in [-0.15, -0.1) is 0 Å². The van der Waals surface area contributed by atoms with Crippen LogP contribution in [0.2, 0.25) is 0 Å². The molecule has 1 heterocycles. The molecule has 0 aliphatic carbocycles. The Balaban J connectivity index is 2.42. The lowest BCUT2D eigenvalue weighted by molar-refractivity contribution is -0.136. The van der Waals surface area contributed by atoms with Gasteiger partial charge < -0.3 is 10.1 Å². The van der Waals surface area contributed by atoms with Crippen molar-refractivity contribution in [3.63, 3.8) is 0 Å². The van der Waals surface area contributed by atoms with E-state index in [0.29, 0.717) is 0 Å². The summed E-state index contributed by atoms with van der Waals surface area (Å²) >= 11 is 0. The van der Waals surface area contributed by atoms with Crippen LogP contribution >= 0.6 is 0 Å². The smallest absolute Gasteiger partial charge is 0.307 e. The van der Waals surface area contributed by atoms with Crippen LogP contribution in [0.3, 0.4) is 0 Å². The SMILES string of the molecule is O=C(O)Cc1ccc2cc[nH]c2c1. The summed E-state index contributed by atoms with van der Waals surface area (Å²) in [5.74, 6) is -0.800. The van der Waals surface area contributed by atoms with Gasteiger partial charge in [0.25, 0.3) is 0 Å². The van der Waals surface area contributed by atoms with E-state index in [9.17, 15) is 4.79 Å². The maximum atomic E-state index is 10.4. The molecule has 0 saturated heterocycles. The topological polar surface area (TPSA) is 53.1 Å². The number of carboxylic acids is 1.